The molecule has 4 aromatic carbocycles. The molecule has 0 aliphatic carbocycles. The number of aryl methyl sites for hydroxylation is 1. The van der Waals surface area contributed by atoms with Gasteiger partial charge in [-0.25, -0.2) is 4.98 Å². The highest BCUT2D eigenvalue weighted by molar-refractivity contribution is 7.86. The number of nitrogens with zero attached hydrogens (tertiary/aromatic N) is 2. The summed E-state index contributed by atoms with van der Waals surface area (Å²) in [4.78, 5) is 4.91. The van der Waals surface area contributed by atoms with Crippen LogP contribution >= 0.6 is 7.14 Å². The Morgan fingerprint density at radius 3 is 2.26 bits per heavy atom. The molecule has 1 unspecified atom stereocenters. The Morgan fingerprint density at radius 1 is 0.774 bits per heavy atom. The third-order valence-electron chi connectivity index (χ3n) is 6.16. The molecule has 0 bridgehead atoms. The van der Waals surface area contributed by atoms with Crippen molar-refractivity contribution in [3.63, 3.8) is 0 Å². The third kappa shape index (κ3) is 2.54. The van der Waals surface area contributed by atoms with Crippen LogP contribution in [0.15, 0.2) is 97.1 Å². The van der Waals surface area contributed by atoms with Crippen molar-refractivity contribution in [2.75, 3.05) is 0 Å². The highest BCUT2D eigenvalue weighted by atomic mass is 31.2. The predicted octanol–water partition coefficient (Wildman–Crippen LogP) is 5.21. The minimum absolute atomic E-state index is 0.804. The second-order valence-electron chi connectivity index (χ2n) is 7.88. The van der Waals surface area contributed by atoms with Crippen LogP contribution in [-0.4, -0.2) is 9.55 Å². The third-order valence-corrected chi connectivity index (χ3v) is 9.28. The van der Waals surface area contributed by atoms with Gasteiger partial charge in [0, 0.05) is 22.3 Å². The van der Waals surface area contributed by atoms with Crippen LogP contribution in [0, 0.1) is 0 Å². The first-order valence-electron chi connectivity index (χ1n) is 10.6. The highest BCUT2D eigenvalue weighted by Crippen LogP contribution is 2.49. The van der Waals surface area contributed by atoms with Gasteiger partial charge in [0.1, 0.15) is 5.82 Å². The van der Waals surface area contributed by atoms with Gasteiger partial charge in [0.25, 0.3) is 0 Å². The summed E-state index contributed by atoms with van der Waals surface area (Å²) >= 11 is 0. The molecule has 31 heavy (non-hydrogen) atoms. The van der Waals surface area contributed by atoms with Crippen molar-refractivity contribution in [2.45, 2.75) is 13.3 Å². The molecule has 1 aromatic heterocycles. The second-order valence-corrected chi connectivity index (χ2v) is 10.6. The summed E-state index contributed by atoms with van der Waals surface area (Å²) in [6, 6.07) is 32.6. The van der Waals surface area contributed by atoms with E-state index in [1.54, 1.807) is 0 Å². The predicted molar refractivity (Wildman–Crippen MR) is 129 cm³/mol. The zero-order chi connectivity index (χ0) is 21.0. The fourth-order valence-corrected chi connectivity index (χ4v) is 7.72. The fraction of sp³-hybridized carbons (Fsp3) is 0.0741. The lowest BCUT2D eigenvalue weighted by atomic mass is 10.0. The van der Waals surface area contributed by atoms with Crippen molar-refractivity contribution in [1.29, 1.82) is 0 Å². The summed E-state index contributed by atoms with van der Waals surface area (Å²) in [6.45, 7) is 2.12. The Kier molecular flexibility index (Phi) is 4.03. The molecule has 1 aliphatic heterocycles. The SMILES string of the molecule is CCc1nc2cccc3c2n1-c1cc(-c2ccccc2)ccc1P3(=O)c1ccccc1. The summed E-state index contributed by atoms with van der Waals surface area (Å²) in [5.74, 6) is 0.994. The van der Waals surface area contributed by atoms with Crippen LogP contribution in [0.3, 0.4) is 0 Å². The molecule has 0 saturated carbocycles. The van der Waals surface area contributed by atoms with E-state index in [0.29, 0.717) is 0 Å². The van der Waals surface area contributed by atoms with E-state index in [1.165, 1.54) is 0 Å². The van der Waals surface area contributed by atoms with Gasteiger partial charge in [-0.1, -0.05) is 79.7 Å². The van der Waals surface area contributed by atoms with E-state index in [1.807, 2.05) is 66.7 Å². The van der Waals surface area contributed by atoms with Gasteiger partial charge < -0.3 is 4.57 Å². The molecule has 0 saturated heterocycles. The van der Waals surface area contributed by atoms with Crippen molar-refractivity contribution in [3.8, 4) is 16.8 Å². The summed E-state index contributed by atoms with van der Waals surface area (Å²) in [6.07, 6.45) is 0.804. The van der Waals surface area contributed by atoms with Crippen LogP contribution in [0.25, 0.3) is 27.8 Å². The topological polar surface area (TPSA) is 34.9 Å². The fourth-order valence-electron chi connectivity index (χ4n) is 4.73. The van der Waals surface area contributed by atoms with Crippen LogP contribution in [0.2, 0.25) is 0 Å². The largest absolute Gasteiger partial charge is 0.308 e. The van der Waals surface area contributed by atoms with Gasteiger partial charge in [-0.2, -0.15) is 0 Å². The summed E-state index contributed by atoms with van der Waals surface area (Å²) in [5, 5.41) is 2.62. The second kappa shape index (κ2) is 6.80. The minimum Gasteiger partial charge on any atom is -0.308 e. The number of benzene rings is 4. The molecule has 0 radical (unpaired) electrons. The summed E-state index contributed by atoms with van der Waals surface area (Å²) in [7, 11) is -3.03. The molecular formula is C27H21N2OP. The Morgan fingerprint density at radius 2 is 1.52 bits per heavy atom. The van der Waals surface area contributed by atoms with E-state index < -0.39 is 7.14 Å². The van der Waals surface area contributed by atoms with Crippen LogP contribution in [0.4, 0.5) is 0 Å². The zero-order valence-corrected chi connectivity index (χ0v) is 18.1. The lowest BCUT2D eigenvalue weighted by Crippen LogP contribution is -2.33. The summed E-state index contributed by atoms with van der Waals surface area (Å²) in [5.41, 5.74) is 5.12. The molecule has 5 aromatic rings. The Balaban J connectivity index is 1.76. The van der Waals surface area contributed by atoms with Gasteiger partial charge >= 0.3 is 0 Å². The smallest absolute Gasteiger partial charge is 0.175 e. The molecule has 3 nitrogen and oxygen atoms in total. The number of para-hydroxylation sites is 1. The van der Waals surface area contributed by atoms with E-state index in [4.69, 9.17) is 4.98 Å². The van der Waals surface area contributed by atoms with Gasteiger partial charge in [-0.3, -0.25) is 4.57 Å². The maximum atomic E-state index is 15.0. The average molecular weight is 420 g/mol. The highest BCUT2D eigenvalue weighted by Gasteiger charge is 2.39. The molecular weight excluding hydrogens is 399 g/mol. The van der Waals surface area contributed by atoms with E-state index in [9.17, 15) is 4.57 Å². The van der Waals surface area contributed by atoms with Gasteiger partial charge in [-0.05, 0) is 35.4 Å². The number of aromatic nitrogens is 2. The first-order valence-corrected chi connectivity index (χ1v) is 12.3. The first-order chi connectivity index (χ1) is 15.2. The van der Waals surface area contributed by atoms with Crippen LogP contribution < -0.4 is 15.9 Å². The normalized spacial score (nSPS) is 16.9. The first kappa shape index (κ1) is 18.4. The molecule has 0 amide bonds. The summed E-state index contributed by atoms with van der Waals surface area (Å²) < 4.78 is 17.2. The van der Waals surface area contributed by atoms with Gasteiger partial charge in [0.05, 0.1) is 16.7 Å². The van der Waals surface area contributed by atoms with Crippen LogP contribution in [0.1, 0.15) is 12.7 Å². The number of imidazole rings is 1. The molecule has 150 valence electrons. The number of rotatable bonds is 3. The molecule has 0 N–H and O–H groups in total. The molecule has 4 heteroatoms. The molecule has 1 aliphatic rings. The average Bonchev–Trinajstić information content (AvgIpc) is 3.23. The zero-order valence-electron chi connectivity index (χ0n) is 17.2. The van der Waals surface area contributed by atoms with Crippen LogP contribution in [0.5, 0.6) is 0 Å². The molecule has 1 atom stereocenters. The molecule has 0 fully saturated rings. The Bertz CT molecular complexity index is 1490. The maximum absolute atomic E-state index is 15.0. The van der Waals surface area contributed by atoms with Crippen molar-refractivity contribution < 1.29 is 4.57 Å². The van der Waals surface area contributed by atoms with Crippen molar-refractivity contribution in [2.24, 2.45) is 0 Å². The van der Waals surface area contributed by atoms with Crippen molar-refractivity contribution >= 4 is 34.1 Å². The van der Waals surface area contributed by atoms with Crippen molar-refractivity contribution in [1.82, 2.24) is 9.55 Å². The van der Waals surface area contributed by atoms with E-state index in [0.717, 1.165) is 56.0 Å². The lowest BCUT2D eigenvalue weighted by molar-refractivity contribution is 0.592. The lowest BCUT2D eigenvalue weighted by Gasteiger charge is -2.29. The minimum atomic E-state index is -3.03. The van der Waals surface area contributed by atoms with E-state index in [-0.39, 0.29) is 0 Å². The Labute approximate surface area is 181 Å². The Hall–Kier alpha value is -3.42. The maximum Gasteiger partial charge on any atom is 0.175 e. The molecule has 2 heterocycles. The monoisotopic (exact) mass is 420 g/mol. The molecule has 0 spiro atoms. The molecule has 6 rings (SSSR count). The van der Waals surface area contributed by atoms with E-state index >= 15 is 0 Å². The van der Waals surface area contributed by atoms with Gasteiger partial charge in [-0.15, -0.1) is 0 Å². The van der Waals surface area contributed by atoms with Crippen molar-refractivity contribution in [3.05, 3.63) is 103 Å². The number of hydrogen-bond donors (Lipinski definition) is 0. The van der Waals surface area contributed by atoms with Gasteiger partial charge in [0.2, 0.25) is 0 Å². The number of fused-ring (bicyclic) bond motifs is 2. The van der Waals surface area contributed by atoms with E-state index in [2.05, 4.69) is 41.8 Å². The van der Waals surface area contributed by atoms with Crippen LogP contribution in [-0.2, 0) is 11.0 Å². The quantitative estimate of drug-likeness (QED) is 0.369. The number of hydrogen-bond acceptors (Lipinski definition) is 2. The van der Waals surface area contributed by atoms with Gasteiger partial charge in [0.15, 0.2) is 7.14 Å². The standard InChI is InChI=1S/C27H21N2OP/c1-2-26-28-22-14-9-15-25-27(22)29(26)23-18-20(19-10-5-3-6-11-19)16-17-24(23)31(25,30)21-12-7-4-8-13-21/h3-18H,2H2,1H3.